The van der Waals surface area contributed by atoms with Gasteiger partial charge < -0.3 is 5.32 Å². The Labute approximate surface area is 143 Å². The predicted octanol–water partition coefficient (Wildman–Crippen LogP) is 2.39. The number of nitrogens with one attached hydrogen (secondary N) is 1. The van der Waals surface area contributed by atoms with Crippen molar-refractivity contribution in [3.63, 3.8) is 0 Å². The second-order valence-electron chi connectivity index (χ2n) is 6.92. The minimum atomic E-state index is -0.707. The lowest BCUT2D eigenvalue weighted by molar-refractivity contribution is -0.132. The smallest absolute Gasteiger partial charge is 0.245 e. The molecular weight excluding hydrogens is 300 g/mol. The average molecular weight is 326 g/mol. The zero-order valence-corrected chi connectivity index (χ0v) is 14.9. The first kappa shape index (κ1) is 16.7. The fraction of sp³-hybridized carbons (Fsp3) is 0.474. The van der Waals surface area contributed by atoms with Crippen LogP contribution in [0.1, 0.15) is 42.6 Å². The number of benzene rings is 1. The van der Waals surface area contributed by atoms with Gasteiger partial charge in [0.15, 0.2) is 0 Å². The number of carbonyl (C=O) groups is 1. The van der Waals surface area contributed by atoms with Crippen molar-refractivity contribution in [1.82, 2.24) is 20.0 Å². The van der Waals surface area contributed by atoms with Crippen LogP contribution in [-0.2, 0) is 23.8 Å². The standard InChI is InChI=1S/C19H26N4O/c1-19(22(2)3,14-9-6-5-7-10-14)18(24)21-16-11-8-12-17-15(16)13-20-23(17)4/h5-7,9-10,13,16H,8,11-12H2,1-4H3,(H,21,24)/t16-,19+/m1/s1. The first-order valence-corrected chi connectivity index (χ1v) is 8.49. The van der Waals surface area contributed by atoms with E-state index >= 15 is 0 Å². The second kappa shape index (κ2) is 6.40. The summed E-state index contributed by atoms with van der Waals surface area (Å²) in [5, 5.41) is 7.64. The summed E-state index contributed by atoms with van der Waals surface area (Å²) < 4.78 is 1.93. The summed E-state index contributed by atoms with van der Waals surface area (Å²) >= 11 is 0. The van der Waals surface area contributed by atoms with Gasteiger partial charge in [-0.1, -0.05) is 30.3 Å². The maximum absolute atomic E-state index is 13.2. The molecule has 5 nitrogen and oxygen atoms in total. The number of aryl methyl sites for hydroxylation is 1. The highest BCUT2D eigenvalue weighted by Gasteiger charge is 2.39. The van der Waals surface area contributed by atoms with Gasteiger partial charge in [-0.2, -0.15) is 5.10 Å². The van der Waals surface area contributed by atoms with E-state index in [2.05, 4.69) is 10.4 Å². The zero-order chi connectivity index (χ0) is 17.3. The molecule has 0 bridgehead atoms. The number of amides is 1. The number of aromatic nitrogens is 2. The molecule has 0 unspecified atom stereocenters. The maximum atomic E-state index is 13.2. The summed E-state index contributed by atoms with van der Waals surface area (Å²) in [6.07, 6.45) is 4.96. The van der Waals surface area contributed by atoms with E-state index in [4.69, 9.17) is 0 Å². The van der Waals surface area contributed by atoms with E-state index in [1.54, 1.807) is 0 Å². The van der Waals surface area contributed by atoms with Crippen LogP contribution in [0, 0.1) is 0 Å². The van der Waals surface area contributed by atoms with Crippen LogP contribution < -0.4 is 5.32 Å². The Hall–Kier alpha value is -2.14. The van der Waals surface area contributed by atoms with Crippen LogP contribution in [0.4, 0.5) is 0 Å². The molecule has 0 fully saturated rings. The molecule has 0 aliphatic heterocycles. The lowest BCUT2D eigenvalue weighted by Crippen LogP contribution is -2.52. The first-order valence-electron chi connectivity index (χ1n) is 8.49. The molecule has 1 aromatic carbocycles. The normalized spacial score (nSPS) is 19.6. The van der Waals surface area contributed by atoms with Crippen LogP contribution in [-0.4, -0.2) is 34.7 Å². The highest BCUT2D eigenvalue weighted by molar-refractivity contribution is 5.87. The van der Waals surface area contributed by atoms with Gasteiger partial charge in [0.25, 0.3) is 0 Å². The molecule has 24 heavy (non-hydrogen) atoms. The molecule has 1 heterocycles. The SMILES string of the molecule is CN(C)[C@](C)(C(=O)N[C@@H]1CCCc2c1cnn2C)c1ccccc1. The van der Waals surface area contributed by atoms with Crippen LogP contribution in [0.25, 0.3) is 0 Å². The molecule has 0 radical (unpaired) electrons. The molecule has 0 spiro atoms. The number of hydrogen-bond donors (Lipinski definition) is 1. The molecule has 1 aliphatic rings. The molecule has 1 N–H and O–H groups in total. The second-order valence-corrected chi connectivity index (χ2v) is 6.92. The molecule has 1 amide bonds. The molecular formula is C19H26N4O. The van der Waals surface area contributed by atoms with Crippen LogP contribution in [0.3, 0.4) is 0 Å². The number of carbonyl (C=O) groups excluding carboxylic acids is 1. The molecule has 2 aromatic rings. The Kier molecular flexibility index (Phi) is 4.45. The van der Waals surface area contributed by atoms with Crippen LogP contribution in [0.15, 0.2) is 36.5 Å². The van der Waals surface area contributed by atoms with E-state index in [1.807, 2.05) is 74.2 Å². The number of likely N-dealkylation sites (N-methyl/N-ethyl adjacent to an activating group) is 1. The van der Waals surface area contributed by atoms with Gasteiger partial charge in [0.1, 0.15) is 5.54 Å². The van der Waals surface area contributed by atoms with E-state index in [0.717, 1.165) is 30.4 Å². The molecule has 128 valence electrons. The summed E-state index contributed by atoms with van der Waals surface area (Å²) in [5.41, 5.74) is 2.68. The Morgan fingerprint density at radius 2 is 2.04 bits per heavy atom. The number of hydrogen-bond acceptors (Lipinski definition) is 3. The van der Waals surface area contributed by atoms with Crippen molar-refractivity contribution in [2.45, 2.75) is 37.8 Å². The molecule has 0 saturated heterocycles. The van der Waals surface area contributed by atoms with E-state index < -0.39 is 5.54 Å². The summed E-state index contributed by atoms with van der Waals surface area (Å²) in [7, 11) is 5.86. The van der Waals surface area contributed by atoms with Gasteiger partial charge >= 0.3 is 0 Å². The van der Waals surface area contributed by atoms with Crippen molar-refractivity contribution in [2.75, 3.05) is 14.1 Å². The summed E-state index contributed by atoms with van der Waals surface area (Å²) in [6, 6.07) is 9.99. The van der Waals surface area contributed by atoms with Gasteiger partial charge in [0, 0.05) is 18.3 Å². The van der Waals surface area contributed by atoms with Crippen molar-refractivity contribution < 1.29 is 4.79 Å². The van der Waals surface area contributed by atoms with Gasteiger partial charge in [0.2, 0.25) is 5.91 Å². The third-order valence-electron chi connectivity index (χ3n) is 5.35. The van der Waals surface area contributed by atoms with E-state index in [-0.39, 0.29) is 11.9 Å². The Morgan fingerprint density at radius 3 is 2.71 bits per heavy atom. The third-order valence-corrected chi connectivity index (χ3v) is 5.35. The largest absolute Gasteiger partial charge is 0.347 e. The van der Waals surface area contributed by atoms with Crippen LogP contribution >= 0.6 is 0 Å². The number of fused-ring (bicyclic) bond motifs is 1. The van der Waals surface area contributed by atoms with Crippen molar-refractivity contribution in [2.24, 2.45) is 7.05 Å². The fourth-order valence-electron chi connectivity index (χ4n) is 3.51. The number of nitrogens with zero attached hydrogens (tertiary/aromatic N) is 3. The highest BCUT2D eigenvalue weighted by Crippen LogP contribution is 2.32. The average Bonchev–Trinajstić information content (AvgIpc) is 2.97. The minimum Gasteiger partial charge on any atom is -0.347 e. The van der Waals surface area contributed by atoms with E-state index in [9.17, 15) is 4.79 Å². The van der Waals surface area contributed by atoms with Crippen molar-refractivity contribution in [3.8, 4) is 0 Å². The van der Waals surface area contributed by atoms with Crippen LogP contribution in [0.2, 0.25) is 0 Å². The molecule has 1 aromatic heterocycles. The Bertz CT molecular complexity index is 722. The minimum absolute atomic E-state index is 0.0282. The molecule has 0 saturated carbocycles. The summed E-state index contributed by atoms with van der Waals surface area (Å²) in [6.45, 7) is 1.98. The van der Waals surface area contributed by atoms with Crippen LogP contribution in [0.5, 0.6) is 0 Å². The van der Waals surface area contributed by atoms with E-state index in [0.29, 0.717) is 0 Å². The van der Waals surface area contributed by atoms with Gasteiger partial charge in [0.05, 0.1) is 12.2 Å². The van der Waals surface area contributed by atoms with Gasteiger partial charge in [-0.05, 0) is 45.8 Å². The lowest BCUT2D eigenvalue weighted by atomic mass is 9.87. The molecule has 1 aliphatic carbocycles. The first-order chi connectivity index (χ1) is 11.4. The van der Waals surface area contributed by atoms with Gasteiger partial charge in [-0.3, -0.25) is 14.4 Å². The third kappa shape index (κ3) is 2.73. The molecule has 5 heteroatoms. The van der Waals surface area contributed by atoms with E-state index in [1.165, 1.54) is 5.69 Å². The monoisotopic (exact) mass is 326 g/mol. The Balaban J connectivity index is 1.88. The summed E-state index contributed by atoms with van der Waals surface area (Å²) in [4.78, 5) is 15.2. The van der Waals surface area contributed by atoms with Gasteiger partial charge in [-0.25, -0.2) is 0 Å². The van der Waals surface area contributed by atoms with Crippen molar-refractivity contribution >= 4 is 5.91 Å². The van der Waals surface area contributed by atoms with Crippen molar-refractivity contribution in [3.05, 3.63) is 53.3 Å². The summed E-state index contributed by atoms with van der Waals surface area (Å²) in [5.74, 6) is 0.0282. The maximum Gasteiger partial charge on any atom is 0.245 e. The molecule has 2 atom stereocenters. The highest BCUT2D eigenvalue weighted by atomic mass is 16.2. The van der Waals surface area contributed by atoms with Gasteiger partial charge in [-0.15, -0.1) is 0 Å². The molecule has 3 rings (SSSR count). The zero-order valence-electron chi connectivity index (χ0n) is 14.9. The predicted molar refractivity (Wildman–Crippen MR) is 94.5 cm³/mol. The van der Waals surface area contributed by atoms with Crippen molar-refractivity contribution in [1.29, 1.82) is 0 Å². The fourth-order valence-corrected chi connectivity index (χ4v) is 3.51. The quantitative estimate of drug-likeness (QED) is 0.938. The number of rotatable bonds is 4. The topological polar surface area (TPSA) is 50.2 Å². The Morgan fingerprint density at radius 1 is 1.33 bits per heavy atom. The lowest BCUT2D eigenvalue weighted by Gasteiger charge is -2.37.